The van der Waals surface area contributed by atoms with Gasteiger partial charge in [0, 0.05) is 24.9 Å². The molecule has 31 heavy (non-hydrogen) atoms. The van der Waals surface area contributed by atoms with Crippen molar-refractivity contribution >= 4 is 18.7 Å². The molecule has 2 atom stereocenters. The van der Waals surface area contributed by atoms with Crippen molar-refractivity contribution < 1.29 is 23.9 Å². The fraction of sp³-hybridized carbons (Fsp3) is 0.708. The first-order chi connectivity index (χ1) is 14.2. The molecule has 3 aliphatic heterocycles. The molecule has 3 fully saturated rings. The van der Waals surface area contributed by atoms with Crippen LogP contribution in [-0.4, -0.2) is 52.1 Å². The number of ether oxygens (including phenoxy) is 1. The summed E-state index contributed by atoms with van der Waals surface area (Å²) < 4.78 is 18.0. The predicted molar refractivity (Wildman–Crippen MR) is 120 cm³/mol. The van der Waals surface area contributed by atoms with E-state index in [1.165, 1.54) is 0 Å². The molecule has 170 valence electrons. The second-order valence-corrected chi connectivity index (χ2v) is 11.4. The van der Waals surface area contributed by atoms with Crippen LogP contribution in [0, 0.1) is 0 Å². The van der Waals surface area contributed by atoms with E-state index in [1.54, 1.807) is 0 Å². The van der Waals surface area contributed by atoms with Gasteiger partial charge in [0.15, 0.2) is 0 Å². The number of hydrogen-bond acceptors (Lipinski definition) is 5. The number of benzene rings is 1. The zero-order valence-electron chi connectivity index (χ0n) is 19.9. The Morgan fingerprint density at radius 2 is 1.65 bits per heavy atom. The normalized spacial score (nSPS) is 31.7. The zero-order chi connectivity index (χ0) is 22.8. The molecular formula is C24H36BNO5. The van der Waals surface area contributed by atoms with Crippen molar-refractivity contribution in [3.63, 3.8) is 0 Å². The van der Waals surface area contributed by atoms with Crippen LogP contribution in [0.1, 0.15) is 79.7 Å². The molecule has 3 saturated heterocycles. The predicted octanol–water partition coefficient (Wildman–Crippen LogP) is 3.74. The Morgan fingerprint density at radius 3 is 2.16 bits per heavy atom. The number of aliphatic hydroxyl groups is 1. The van der Waals surface area contributed by atoms with Crippen molar-refractivity contribution in [2.24, 2.45) is 0 Å². The Balaban J connectivity index is 1.54. The molecule has 1 amide bonds. The van der Waals surface area contributed by atoms with Crippen molar-refractivity contribution in [3.05, 3.63) is 29.8 Å². The van der Waals surface area contributed by atoms with Gasteiger partial charge in [-0.2, -0.15) is 0 Å². The molecule has 0 radical (unpaired) electrons. The van der Waals surface area contributed by atoms with Gasteiger partial charge in [0.25, 0.3) is 0 Å². The summed E-state index contributed by atoms with van der Waals surface area (Å²) in [6, 6.07) is 7.88. The Labute approximate surface area is 186 Å². The molecule has 2 bridgehead atoms. The number of carbonyl (C=O) groups excluding carboxylic acids is 1. The van der Waals surface area contributed by atoms with Crippen LogP contribution < -0.4 is 5.46 Å². The maximum atomic E-state index is 12.8. The monoisotopic (exact) mass is 429 g/mol. The first kappa shape index (κ1) is 22.6. The van der Waals surface area contributed by atoms with Gasteiger partial charge in [0.2, 0.25) is 0 Å². The molecule has 6 nitrogen and oxygen atoms in total. The van der Waals surface area contributed by atoms with Crippen LogP contribution in [0.15, 0.2) is 24.3 Å². The van der Waals surface area contributed by atoms with E-state index in [0.717, 1.165) is 23.9 Å². The fourth-order valence-corrected chi connectivity index (χ4v) is 5.03. The van der Waals surface area contributed by atoms with Crippen LogP contribution in [0.3, 0.4) is 0 Å². The smallest absolute Gasteiger partial charge is 0.444 e. The molecule has 4 rings (SSSR count). The average molecular weight is 429 g/mol. The SMILES string of the molecule is CC(C)(C)OC(=O)N1C2CCC1CC(O)(c1cccc(B3OC(C)(C)C(C)(C)O3)c1)C2. The summed E-state index contributed by atoms with van der Waals surface area (Å²) in [5.74, 6) is 0. The highest BCUT2D eigenvalue weighted by Gasteiger charge is 2.53. The van der Waals surface area contributed by atoms with Gasteiger partial charge < -0.3 is 24.1 Å². The van der Waals surface area contributed by atoms with Crippen molar-refractivity contribution in [3.8, 4) is 0 Å². The standard InChI is InChI=1S/C24H36BNO5/c1-21(2,3)29-20(27)26-18-11-12-19(26)15-24(28,14-18)16-9-8-10-17(13-16)25-30-22(4,5)23(6,7)31-25/h8-10,13,18-19,28H,11-12,14-15H2,1-7H3. The minimum atomic E-state index is -0.982. The maximum Gasteiger partial charge on any atom is 0.494 e. The quantitative estimate of drug-likeness (QED) is 0.726. The maximum absolute atomic E-state index is 12.8. The number of carbonyl (C=O) groups is 1. The highest BCUT2D eigenvalue weighted by atomic mass is 16.7. The summed E-state index contributed by atoms with van der Waals surface area (Å²) in [5, 5.41) is 11.7. The molecule has 1 aromatic rings. The lowest BCUT2D eigenvalue weighted by Crippen LogP contribution is -2.53. The van der Waals surface area contributed by atoms with E-state index in [2.05, 4.69) is 0 Å². The number of fused-ring (bicyclic) bond motifs is 2. The molecule has 2 unspecified atom stereocenters. The third-order valence-electron chi connectivity index (χ3n) is 7.32. The summed E-state index contributed by atoms with van der Waals surface area (Å²) in [6.07, 6.45) is 2.53. The van der Waals surface area contributed by atoms with Crippen molar-refractivity contribution in [2.45, 2.75) is 109 Å². The van der Waals surface area contributed by atoms with Gasteiger partial charge in [0.1, 0.15) is 5.60 Å². The second kappa shape index (κ2) is 7.22. The second-order valence-electron chi connectivity index (χ2n) is 11.4. The van der Waals surface area contributed by atoms with E-state index < -0.39 is 29.5 Å². The highest BCUT2D eigenvalue weighted by Crippen LogP contribution is 2.46. The summed E-state index contributed by atoms with van der Waals surface area (Å²) in [6.45, 7) is 13.8. The highest BCUT2D eigenvalue weighted by molar-refractivity contribution is 6.62. The minimum Gasteiger partial charge on any atom is -0.444 e. The van der Waals surface area contributed by atoms with Gasteiger partial charge in [-0.3, -0.25) is 0 Å². The molecule has 3 aliphatic rings. The van der Waals surface area contributed by atoms with E-state index in [4.69, 9.17) is 14.0 Å². The molecule has 3 heterocycles. The Bertz CT molecular complexity index is 832. The van der Waals surface area contributed by atoms with Crippen LogP contribution in [0.5, 0.6) is 0 Å². The van der Waals surface area contributed by atoms with Crippen molar-refractivity contribution in [1.29, 1.82) is 0 Å². The number of amides is 1. The Hall–Kier alpha value is -1.57. The van der Waals surface area contributed by atoms with Crippen LogP contribution >= 0.6 is 0 Å². The van der Waals surface area contributed by atoms with E-state index in [9.17, 15) is 9.90 Å². The van der Waals surface area contributed by atoms with Crippen LogP contribution in [0.4, 0.5) is 4.79 Å². The number of hydrogen-bond donors (Lipinski definition) is 1. The van der Waals surface area contributed by atoms with Gasteiger partial charge in [-0.25, -0.2) is 4.79 Å². The van der Waals surface area contributed by atoms with Crippen LogP contribution in [0.2, 0.25) is 0 Å². The molecule has 7 heteroatoms. The Morgan fingerprint density at radius 1 is 1.10 bits per heavy atom. The molecule has 1 aromatic carbocycles. The molecule has 0 aliphatic carbocycles. The van der Waals surface area contributed by atoms with Crippen molar-refractivity contribution in [1.82, 2.24) is 4.90 Å². The van der Waals surface area contributed by atoms with Gasteiger partial charge >= 0.3 is 13.2 Å². The van der Waals surface area contributed by atoms with Crippen molar-refractivity contribution in [2.75, 3.05) is 0 Å². The lowest BCUT2D eigenvalue weighted by atomic mass is 9.74. The van der Waals surface area contributed by atoms with Gasteiger partial charge in [0.05, 0.1) is 16.8 Å². The zero-order valence-corrected chi connectivity index (χ0v) is 19.9. The lowest BCUT2D eigenvalue weighted by Gasteiger charge is -2.44. The van der Waals surface area contributed by atoms with Crippen LogP contribution in [0.25, 0.3) is 0 Å². The minimum absolute atomic E-state index is 0.0147. The summed E-state index contributed by atoms with van der Waals surface area (Å²) in [7, 11) is -0.466. The fourth-order valence-electron chi connectivity index (χ4n) is 5.03. The third-order valence-corrected chi connectivity index (χ3v) is 7.32. The summed E-state index contributed by atoms with van der Waals surface area (Å²) in [4.78, 5) is 14.6. The molecule has 0 spiro atoms. The van der Waals surface area contributed by atoms with Crippen LogP contribution in [-0.2, 0) is 19.6 Å². The summed E-state index contributed by atoms with van der Waals surface area (Å²) in [5.41, 5.74) is -0.567. The number of rotatable bonds is 2. The topological polar surface area (TPSA) is 68.2 Å². The molecule has 1 N–H and O–H groups in total. The Kier molecular flexibility index (Phi) is 5.27. The van der Waals surface area contributed by atoms with Gasteiger partial charge in [-0.15, -0.1) is 0 Å². The van der Waals surface area contributed by atoms with E-state index >= 15 is 0 Å². The lowest BCUT2D eigenvalue weighted by molar-refractivity contribution is -0.0624. The average Bonchev–Trinajstić information content (AvgIpc) is 3.03. The van der Waals surface area contributed by atoms with Gasteiger partial charge in [-0.05, 0) is 72.3 Å². The molecule has 0 saturated carbocycles. The van der Waals surface area contributed by atoms with Gasteiger partial charge in [-0.1, -0.05) is 24.3 Å². The van der Waals surface area contributed by atoms with E-state index in [0.29, 0.717) is 12.8 Å². The first-order valence-electron chi connectivity index (χ1n) is 11.4. The summed E-state index contributed by atoms with van der Waals surface area (Å²) >= 11 is 0. The third kappa shape index (κ3) is 4.12. The van der Waals surface area contributed by atoms with E-state index in [1.807, 2.05) is 77.6 Å². The number of piperidine rings is 1. The first-order valence-corrected chi connectivity index (χ1v) is 11.4. The molecular weight excluding hydrogens is 393 g/mol. The van der Waals surface area contributed by atoms with E-state index in [-0.39, 0.29) is 18.2 Å². The molecule has 0 aromatic heterocycles. The largest absolute Gasteiger partial charge is 0.494 e. The number of nitrogens with zero attached hydrogens (tertiary/aromatic N) is 1.